The quantitative estimate of drug-likeness (QED) is 0.560. The maximum atomic E-state index is 5.15. The van der Waals surface area contributed by atoms with Gasteiger partial charge in [-0.25, -0.2) is 0 Å². The number of aromatic nitrogens is 2. The summed E-state index contributed by atoms with van der Waals surface area (Å²) in [6.45, 7) is 1.92. The third-order valence-corrected chi connectivity index (χ3v) is 1.15. The van der Waals surface area contributed by atoms with Crippen molar-refractivity contribution < 1.29 is 0 Å². The zero-order valence-electron chi connectivity index (χ0n) is 5.55. The minimum Gasteiger partial charge on any atom is -0.363 e. The summed E-state index contributed by atoms with van der Waals surface area (Å²) in [6.07, 6.45) is 0. The van der Waals surface area contributed by atoms with Gasteiger partial charge in [-0.3, -0.25) is 4.68 Å². The van der Waals surface area contributed by atoms with Crippen LogP contribution in [0.3, 0.4) is 0 Å². The highest BCUT2D eigenvalue weighted by Crippen LogP contribution is 2.05. The second-order valence-electron chi connectivity index (χ2n) is 1.94. The molecule has 3 nitrogen and oxygen atoms in total. The van der Waals surface area contributed by atoms with Crippen molar-refractivity contribution in [3.8, 4) is 0 Å². The van der Waals surface area contributed by atoms with Crippen LogP contribution in [-0.4, -0.2) is 9.78 Å². The molecule has 1 aromatic heterocycles. The Kier molecular flexibility index (Phi) is 1.42. The highest BCUT2D eigenvalue weighted by atomic mass is 15.3. The summed E-state index contributed by atoms with van der Waals surface area (Å²) in [5.74, 6) is 0.826. The molecule has 0 amide bonds. The molecule has 0 aliphatic rings. The van der Waals surface area contributed by atoms with Gasteiger partial charge in [-0.1, -0.05) is 0 Å². The van der Waals surface area contributed by atoms with E-state index >= 15 is 0 Å². The summed E-state index contributed by atoms with van der Waals surface area (Å²) in [5, 5.41) is 6.57. The molecule has 48 valence electrons. The van der Waals surface area contributed by atoms with Crippen LogP contribution in [-0.2, 0) is 7.05 Å². The van der Waals surface area contributed by atoms with Gasteiger partial charge >= 0.3 is 0 Å². The lowest BCUT2D eigenvalue weighted by atomic mass is 10.5. The summed E-state index contributed by atoms with van der Waals surface area (Å²) in [4.78, 5) is 0. The Bertz CT molecular complexity index is 202. The number of anilines is 1. The SMILES string of the molecule is [CH]Nc1cc(C)nn1C. The van der Waals surface area contributed by atoms with Crippen molar-refractivity contribution in [1.82, 2.24) is 9.78 Å². The number of aryl methyl sites for hydroxylation is 2. The maximum absolute atomic E-state index is 5.15. The summed E-state index contributed by atoms with van der Waals surface area (Å²) >= 11 is 0. The molecule has 2 radical (unpaired) electrons. The predicted molar refractivity (Wildman–Crippen MR) is 35.9 cm³/mol. The first-order valence-corrected chi connectivity index (χ1v) is 2.71. The number of hydrogen-bond acceptors (Lipinski definition) is 2. The first-order valence-electron chi connectivity index (χ1n) is 2.71. The second-order valence-corrected chi connectivity index (χ2v) is 1.94. The zero-order chi connectivity index (χ0) is 6.85. The van der Waals surface area contributed by atoms with Crippen LogP contribution in [0.4, 0.5) is 5.82 Å². The molecule has 1 heterocycles. The van der Waals surface area contributed by atoms with Crippen LogP contribution in [0.5, 0.6) is 0 Å². The van der Waals surface area contributed by atoms with Crippen LogP contribution < -0.4 is 5.32 Å². The van der Waals surface area contributed by atoms with E-state index < -0.39 is 0 Å². The lowest BCUT2D eigenvalue weighted by Crippen LogP contribution is -1.95. The van der Waals surface area contributed by atoms with Crippen LogP contribution in [0, 0.1) is 14.0 Å². The lowest BCUT2D eigenvalue weighted by Gasteiger charge is -1.95. The fourth-order valence-corrected chi connectivity index (χ4v) is 0.746. The molecule has 1 N–H and O–H groups in total. The molecule has 0 aliphatic heterocycles. The predicted octanol–water partition coefficient (Wildman–Crippen LogP) is 0.809. The van der Waals surface area contributed by atoms with E-state index in [1.54, 1.807) is 4.68 Å². The largest absolute Gasteiger partial charge is 0.363 e. The van der Waals surface area contributed by atoms with Gasteiger partial charge in [-0.2, -0.15) is 5.10 Å². The monoisotopic (exact) mass is 123 g/mol. The van der Waals surface area contributed by atoms with Crippen molar-refractivity contribution in [2.45, 2.75) is 6.92 Å². The molecule has 0 aliphatic carbocycles. The molecule has 0 bridgehead atoms. The van der Waals surface area contributed by atoms with Gasteiger partial charge in [-0.05, 0) is 6.92 Å². The summed E-state index contributed by atoms with van der Waals surface area (Å²) in [5.41, 5.74) is 0.963. The van der Waals surface area contributed by atoms with E-state index in [-0.39, 0.29) is 0 Å². The average Bonchev–Trinajstić information content (AvgIpc) is 2.10. The van der Waals surface area contributed by atoms with E-state index in [1.165, 1.54) is 0 Å². The van der Waals surface area contributed by atoms with Gasteiger partial charge in [-0.15, -0.1) is 0 Å². The van der Waals surface area contributed by atoms with E-state index in [4.69, 9.17) is 7.05 Å². The third-order valence-electron chi connectivity index (χ3n) is 1.15. The van der Waals surface area contributed by atoms with Crippen LogP contribution in [0.15, 0.2) is 6.07 Å². The van der Waals surface area contributed by atoms with Crippen molar-refractivity contribution in [2.75, 3.05) is 5.32 Å². The molecule has 0 aromatic carbocycles. The van der Waals surface area contributed by atoms with Gasteiger partial charge in [0.15, 0.2) is 0 Å². The Hall–Kier alpha value is -0.990. The van der Waals surface area contributed by atoms with Gasteiger partial charge < -0.3 is 5.32 Å². The first-order chi connectivity index (χ1) is 4.24. The molecule has 3 heteroatoms. The Balaban J connectivity index is 3.01. The molecule has 1 aromatic rings. The smallest absolute Gasteiger partial charge is 0.124 e. The van der Waals surface area contributed by atoms with Crippen LogP contribution in [0.1, 0.15) is 5.69 Å². The molecule has 1 rings (SSSR count). The topological polar surface area (TPSA) is 29.9 Å². The van der Waals surface area contributed by atoms with Gasteiger partial charge in [0.1, 0.15) is 5.82 Å². The Morgan fingerprint density at radius 2 is 2.44 bits per heavy atom. The number of nitrogens with zero attached hydrogens (tertiary/aromatic N) is 2. The minimum atomic E-state index is 0.826. The standard InChI is InChI=1S/C6H9N3/c1-5-4-6(7-2)9(3)8-5/h2,4,7H,1,3H3. The van der Waals surface area contributed by atoms with Crippen molar-refractivity contribution >= 4 is 5.82 Å². The zero-order valence-corrected chi connectivity index (χ0v) is 5.55. The number of hydrogen-bond donors (Lipinski definition) is 1. The maximum Gasteiger partial charge on any atom is 0.124 e. The van der Waals surface area contributed by atoms with E-state index in [2.05, 4.69) is 10.4 Å². The highest BCUT2D eigenvalue weighted by Gasteiger charge is 1.95. The van der Waals surface area contributed by atoms with Crippen molar-refractivity contribution in [3.63, 3.8) is 0 Å². The highest BCUT2D eigenvalue weighted by molar-refractivity contribution is 5.36. The molecule has 0 spiro atoms. The van der Waals surface area contributed by atoms with Gasteiger partial charge in [0, 0.05) is 13.1 Å². The molecule has 0 saturated carbocycles. The molecular weight excluding hydrogens is 114 g/mol. The summed E-state index contributed by atoms with van der Waals surface area (Å²) in [7, 11) is 6.99. The van der Waals surface area contributed by atoms with Crippen molar-refractivity contribution in [1.29, 1.82) is 0 Å². The molecule has 0 atom stereocenters. The van der Waals surface area contributed by atoms with Crippen molar-refractivity contribution in [3.05, 3.63) is 18.8 Å². The minimum absolute atomic E-state index is 0.826. The molecule has 0 unspecified atom stereocenters. The second kappa shape index (κ2) is 2.09. The Labute approximate surface area is 54.7 Å². The number of rotatable bonds is 1. The van der Waals surface area contributed by atoms with Gasteiger partial charge in [0.2, 0.25) is 0 Å². The molecule has 0 saturated heterocycles. The summed E-state index contributed by atoms with van der Waals surface area (Å²) in [6, 6.07) is 1.88. The average molecular weight is 123 g/mol. The van der Waals surface area contributed by atoms with Crippen LogP contribution in [0.25, 0.3) is 0 Å². The first kappa shape index (κ1) is 6.13. The van der Waals surface area contributed by atoms with Crippen LogP contribution in [0.2, 0.25) is 0 Å². The van der Waals surface area contributed by atoms with Gasteiger partial charge in [0.25, 0.3) is 0 Å². The van der Waals surface area contributed by atoms with E-state index in [1.807, 2.05) is 20.0 Å². The Morgan fingerprint density at radius 3 is 2.67 bits per heavy atom. The number of nitrogens with one attached hydrogen (secondary N) is 1. The molecule has 0 fully saturated rings. The lowest BCUT2D eigenvalue weighted by molar-refractivity contribution is 0.764. The van der Waals surface area contributed by atoms with E-state index in [0.717, 1.165) is 11.5 Å². The molecular formula is C6H9N3. The normalized spacial score (nSPS) is 9.67. The Morgan fingerprint density at radius 1 is 1.78 bits per heavy atom. The van der Waals surface area contributed by atoms with Crippen molar-refractivity contribution in [2.24, 2.45) is 7.05 Å². The molecule has 9 heavy (non-hydrogen) atoms. The van der Waals surface area contributed by atoms with E-state index in [9.17, 15) is 0 Å². The fraction of sp³-hybridized carbons (Fsp3) is 0.333. The third kappa shape index (κ3) is 1.04. The van der Waals surface area contributed by atoms with E-state index in [0.29, 0.717) is 0 Å². The van der Waals surface area contributed by atoms with Crippen LogP contribution >= 0.6 is 0 Å². The fourth-order valence-electron chi connectivity index (χ4n) is 0.746. The summed E-state index contributed by atoms with van der Waals surface area (Å²) < 4.78 is 1.69. The van der Waals surface area contributed by atoms with Gasteiger partial charge in [0.05, 0.1) is 12.7 Å².